The molecular formula is C63H124O9S2Si4. The number of carbonyl (C=O) groups excluding carboxylic acids is 1. The van der Waals surface area contributed by atoms with E-state index >= 15 is 0 Å². The lowest BCUT2D eigenvalue weighted by atomic mass is 9.81. The molecule has 0 aromatic carbocycles. The lowest BCUT2D eigenvalue weighted by molar-refractivity contribution is -0.139. The summed E-state index contributed by atoms with van der Waals surface area (Å²) in [6.07, 6.45) is 12.0. The van der Waals surface area contributed by atoms with Crippen molar-refractivity contribution in [2.24, 2.45) is 35.5 Å². The van der Waals surface area contributed by atoms with E-state index in [-0.39, 0.29) is 80.0 Å². The average molecular weight is 1200 g/mol. The van der Waals surface area contributed by atoms with Gasteiger partial charge >= 0.3 is 5.97 Å². The molecule has 1 fully saturated rings. The average Bonchev–Trinajstić information content (AvgIpc) is 3.37. The van der Waals surface area contributed by atoms with E-state index in [2.05, 4.69) is 212 Å². The summed E-state index contributed by atoms with van der Waals surface area (Å²) < 4.78 is 46.6. The van der Waals surface area contributed by atoms with Crippen molar-refractivity contribution in [1.29, 1.82) is 0 Å². The first-order chi connectivity index (χ1) is 36.0. The van der Waals surface area contributed by atoms with Gasteiger partial charge in [0.05, 0.1) is 48.8 Å². The number of aliphatic hydroxyl groups is 1. The number of methoxy groups -OCH3 is 3. The highest BCUT2D eigenvalue weighted by Crippen LogP contribution is 2.55. The predicted molar refractivity (Wildman–Crippen MR) is 351 cm³/mol. The molecule has 0 radical (unpaired) electrons. The Kier molecular flexibility index (Phi) is 32.3. The maximum absolute atomic E-state index is 13.2. The number of esters is 1. The molecule has 0 amide bonds. The molecule has 11 atom stereocenters. The molecule has 0 aromatic heterocycles. The Morgan fingerprint density at radius 3 is 1.56 bits per heavy atom. The minimum Gasteiger partial charge on any atom is -0.490 e. The maximum atomic E-state index is 13.2. The van der Waals surface area contributed by atoms with E-state index in [1.54, 1.807) is 13.2 Å². The fourth-order valence-corrected chi connectivity index (χ4v) is 23.6. The highest BCUT2D eigenvalue weighted by Gasteiger charge is 2.52. The van der Waals surface area contributed by atoms with Crippen LogP contribution in [-0.2, 0) is 36.7 Å². The van der Waals surface area contributed by atoms with Gasteiger partial charge in [0.1, 0.15) is 6.10 Å². The number of aliphatic hydroxyl groups excluding tert-OH is 1. The van der Waals surface area contributed by atoms with Crippen molar-refractivity contribution in [3.05, 3.63) is 47.3 Å². The molecule has 1 saturated heterocycles. The van der Waals surface area contributed by atoms with Gasteiger partial charge < -0.3 is 37.0 Å². The first-order valence-corrected chi connectivity index (χ1v) is 43.4. The number of rotatable bonds is 35. The van der Waals surface area contributed by atoms with Gasteiger partial charge in [-0.15, -0.1) is 23.5 Å². The Hall–Kier alpha value is -0.442. The summed E-state index contributed by atoms with van der Waals surface area (Å²) in [7, 11) is -3.90. The van der Waals surface area contributed by atoms with Gasteiger partial charge in [0.15, 0.2) is 33.3 Å². The molecule has 1 aliphatic heterocycles. The third kappa shape index (κ3) is 21.3. The van der Waals surface area contributed by atoms with Crippen LogP contribution in [0.2, 0.25) is 72.5 Å². The Morgan fingerprint density at radius 1 is 0.667 bits per heavy atom. The molecule has 458 valence electrons. The van der Waals surface area contributed by atoms with E-state index in [0.29, 0.717) is 5.92 Å². The van der Waals surface area contributed by atoms with Crippen LogP contribution in [0.5, 0.6) is 0 Å². The summed E-state index contributed by atoms with van der Waals surface area (Å²) in [5.74, 6) is 2.26. The number of hydrogen-bond donors (Lipinski definition) is 1. The van der Waals surface area contributed by atoms with Gasteiger partial charge in [-0.3, -0.25) is 0 Å². The lowest BCUT2D eigenvalue weighted by Crippen LogP contribution is -2.55. The largest absolute Gasteiger partial charge is 0.490 e. The summed E-state index contributed by atoms with van der Waals surface area (Å²) in [6.45, 7) is 57.8. The SMILES string of the molecule is CC[Si](CC)(CC)O[C@H]([C@@H](C)[C@@H](O)[C@H](C)C1(C[C@@H](O[Si](C)(C)C(C)(C)C)[C@H](C)[C@H](O[Si](C)(C)C(C)(C)C)C(C)C)SCCCS1)[C@H](/C=C/C=C(\C)C[C@H](C)[C@H](O[Si](CC)(CC)CC)[C@H](C)/C=C(C)/C=C(\OC)C(=O)OC)OC. The van der Waals surface area contributed by atoms with Crippen LogP contribution in [0, 0.1) is 35.5 Å². The second kappa shape index (κ2) is 33.3. The highest BCUT2D eigenvalue weighted by molar-refractivity contribution is 8.18. The number of allylic oxidation sites excluding steroid dienone is 5. The van der Waals surface area contributed by atoms with Crippen molar-refractivity contribution < 1.29 is 41.8 Å². The second-order valence-corrected chi connectivity index (χ2v) is 49.0. The minimum absolute atomic E-state index is 0.0199. The molecule has 0 spiro atoms. The van der Waals surface area contributed by atoms with Crippen LogP contribution >= 0.6 is 23.5 Å². The Bertz CT molecular complexity index is 1860. The minimum atomic E-state index is -2.25. The van der Waals surface area contributed by atoms with Gasteiger partial charge in [0.2, 0.25) is 5.76 Å². The second-order valence-electron chi connectivity index (χ2n) is 27.0. The zero-order valence-electron chi connectivity index (χ0n) is 55.6. The Balaban J connectivity index is 3.95. The van der Waals surface area contributed by atoms with Crippen molar-refractivity contribution >= 4 is 62.8 Å². The maximum Gasteiger partial charge on any atom is 0.373 e. The summed E-state index contributed by atoms with van der Waals surface area (Å²) in [5.41, 5.74) is 2.18. The van der Waals surface area contributed by atoms with Crippen molar-refractivity contribution in [2.45, 2.75) is 278 Å². The molecule has 1 N–H and O–H groups in total. The topological polar surface area (TPSA) is 102 Å². The summed E-state index contributed by atoms with van der Waals surface area (Å²) >= 11 is 4.12. The predicted octanol–water partition coefficient (Wildman–Crippen LogP) is 18.3. The fraction of sp³-hybridized carbons (Fsp3) is 0.857. The van der Waals surface area contributed by atoms with Crippen molar-refractivity contribution in [3.8, 4) is 0 Å². The highest BCUT2D eigenvalue weighted by atomic mass is 32.2. The van der Waals surface area contributed by atoms with Gasteiger partial charge in [-0.1, -0.05) is 167 Å². The molecule has 0 aromatic rings. The van der Waals surface area contributed by atoms with Crippen LogP contribution in [0.4, 0.5) is 0 Å². The monoisotopic (exact) mass is 1200 g/mol. The molecule has 0 bridgehead atoms. The van der Waals surface area contributed by atoms with Crippen molar-refractivity contribution in [3.63, 3.8) is 0 Å². The lowest BCUT2D eigenvalue weighted by Gasteiger charge is -2.51. The molecule has 1 aliphatic rings. The van der Waals surface area contributed by atoms with Crippen molar-refractivity contribution in [2.75, 3.05) is 32.8 Å². The van der Waals surface area contributed by atoms with Crippen LogP contribution in [0.25, 0.3) is 0 Å². The molecule has 1 heterocycles. The molecule has 0 saturated carbocycles. The van der Waals surface area contributed by atoms with Gasteiger partial charge in [-0.2, -0.15) is 0 Å². The zero-order valence-corrected chi connectivity index (χ0v) is 61.3. The normalized spacial score (nSPS) is 20.4. The quantitative estimate of drug-likeness (QED) is 0.0216. The fourth-order valence-electron chi connectivity index (χ4n) is 11.0. The summed E-state index contributed by atoms with van der Waals surface area (Å²) in [5, 5.41) is 13.3. The number of thioether (sulfide) groups is 2. The van der Waals surface area contributed by atoms with Crippen molar-refractivity contribution in [1.82, 2.24) is 0 Å². The standard InChI is InChI=1S/C63H124O9S2Si4/c1-29-77(30-2,31-3)71-58(49(12)42-47(10)43-54(67-23)60(65)68-24)48(11)41-46(9)37-35-38-53(66-22)59(72-78(32-4,33-5)34-6)51(14)56(64)52(15)63(73-39-36-40-74-63)44-55(69-75(25,26)61(16,17)18)50(13)57(45(7)8)70-76(27,28)62(19,20)21/h35,37-38,42-43,45,48-53,55-59,64H,29-34,36,39-41,44H2,1-28H3/b38-35+,46-37+,47-42+,54-43-/t48-,49+,50-,51-,52-,53-,55+,56+,57+,58-,59+/m0/s1. The van der Waals surface area contributed by atoms with Crippen LogP contribution in [0.15, 0.2) is 47.3 Å². The first-order valence-electron chi connectivity index (χ1n) is 30.5. The van der Waals surface area contributed by atoms with E-state index in [0.717, 1.165) is 72.6 Å². The van der Waals surface area contributed by atoms with E-state index in [1.807, 2.05) is 6.92 Å². The first kappa shape index (κ1) is 75.6. The van der Waals surface area contributed by atoms with E-state index in [4.69, 9.17) is 31.9 Å². The Morgan fingerprint density at radius 2 is 1.14 bits per heavy atom. The number of ether oxygens (including phenoxy) is 3. The summed E-state index contributed by atoms with van der Waals surface area (Å²) in [4.78, 5) is 12.4. The molecule has 0 aliphatic carbocycles. The smallest absolute Gasteiger partial charge is 0.373 e. The van der Waals surface area contributed by atoms with Crippen LogP contribution in [0.3, 0.4) is 0 Å². The van der Waals surface area contributed by atoms with Gasteiger partial charge in [0, 0.05) is 24.9 Å². The molecule has 9 nitrogen and oxygen atoms in total. The van der Waals surface area contributed by atoms with Crippen LogP contribution in [-0.4, -0.2) is 118 Å². The number of hydrogen-bond acceptors (Lipinski definition) is 11. The molecule has 15 heteroatoms. The molecule has 0 unspecified atom stereocenters. The van der Waals surface area contributed by atoms with Crippen LogP contribution in [0.1, 0.15) is 165 Å². The third-order valence-electron chi connectivity index (χ3n) is 19.1. The van der Waals surface area contributed by atoms with Crippen LogP contribution < -0.4 is 0 Å². The van der Waals surface area contributed by atoms with Gasteiger partial charge in [-0.05, 0) is 141 Å². The third-order valence-corrected chi connectivity index (χ3v) is 41.1. The van der Waals surface area contributed by atoms with E-state index in [9.17, 15) is 9.90 Å². The van der Waals surface area contributed by atoms with Gasteiger partial charge in [-0.25, -0.2) is 4.79 Å². The zero-order chi connectivity index (χ0) is 60.4. The molecule has 78 heavy (non-hydrogen) atoms. The molecule has 1 rings (SSSR count). The number of carbonyl (C=O) groups is 1. The molecular weight excluding hydrogens is 1080 g/mol. The Labute approximate surface area is 495 Å². The van der Waals surface area contributed by atoms with E-state index in [1.165, 1.54) is 19.8 Å². The van der Waals surface area contributed by atoms with Gasteiger partial charge in [0.25, 0.3) is 0 Å². The summed E-state index contributed by atoms with van der Waals surface area (Å²) in [6, 6.07) is 6.20. The van der Waals surface area contributed by atoms with E-state index < -0.39 is 45.3 Å².